The Morgan fingerprint density at radius 2 is 1.48 bits per heavy atom. The van der Waals surface area contributed by atoms with Crippen molar-refractivity contribution in [2.75, 3.05) is 17.4 Å². The molecule has 0 fully saturated rings. The summed E-state index contributed by atoms with van der Waals surface area (Å²) in [6.07, 6.45) is 1.70. The Bertz CT molecular complexity index is 1380. The summed E-state index contributed by atoms with van der Waals surface area (Å²) in [5.41, 5.74) is 3.16. The zero-order valence-corrected chi connectivity index (χ0v) is 24.9. The Labute approximate surface area is 239 Å². The molecule has 3 aromatic carbocycles. The molecule has 0 spiro atoms. The van der Waals surface area contributed by atoms with Crippen LogP contribution in [0.15, 0.2) is 83.8 Å². The number of nitrogens with zero attached hydrogens (tertiary/aromatic N) is 2. The van der Waals surface area contributed by atoms with Gasteiger partial charge >= 0.3 is 0 Å². The molecule has 0 aliphatic carbocycles. The highest BCUT2D eigenvalue weighted by Gasteiger charge is 2.34. The maximum Gasteiger partial charge on any atom is 0.264 e. The van der Waals surface area contributed by atoms with Gasteiger partial charge in [-0.3, -0.25) is 13.9 Å². The molecule has 40 heavy (non-hydrogen) atoms. The van der Waals surface area contributed by atoms with Gasteiger partial charge in [-0.1, -0.05) is 74.5 Å². The first-order valence-electron chi connectivity index (χ1n) is 13.9. The van der Waals surface area contributed by atoms with E-state index in [1.54, 1.807) is 35.2 Å². The third kappa shape index (κ3) is 7.50. The molecule has 0 aliphatic heterocycles. The lowest BCUT2D eigenvalue weighted by Crippen LogP contribution is -2.54. The van der Waals surface area contributed by atoms with Gasteiger partial charge in [0.15, 0.2) is 0 Å². The van der Waals surface area contributed by atoms with Crippen molar-refractivity contribution in [1.82, 2.24) is 10.2 Å². The average Bonchev–Trinajstić information content (AvgIpc) is 2.96. The minimum Gasteiger partial charge on any atom is -0.352 e. The highest BCUT2D eigenvalue weighted by atomic mass is 32.2. The minimum atomic E-state index is -4.08. The number of amides is 2. The van der Waals surface area contributed by atoms with Crippen LogP contribution in [0.1, 0.15) is 50.3 Å². The number of sulfonamides is 1. The zero-order chi connectivity index (χ0) is 29.3. The summed E-state index contributed by atoms with van der Waals surface area (Å²) in [6.45, 7) is 9.39. The molecular weight excluding hydrogens is 522 g/mol. The molecule has 0 radical (unpaired) electrons. The van der Waals surface area contributed by atoms with E-state index in [1.807, 2.05) is 71.0 Å². The van der Waals surface area contributed by atoms with Gasteiger partial charge in [0.1, 0.15) is 12.6 Å². The maximum atomic E-state index is 14.1. The monoisotopic (exact) mass is 563 g/mol. The van der Waals surface area contributed by atoms with Gasteiger partial charge in [0.05, 0.1) is 10.6 Å². The zero-order valence-electron chi connectivity index (χ0n) is 24.1. The molecular formula is C32H41N3O4S. The van der Waals surface area contributed by atoms with Gasteiger partial charge in [-0.15, -0.1) is 0 Å². The minimum absolute atomic E-state index is 0.0440. The summed E-state index contributed by atoms with van der Waals surface area (Å²) < 4.78 is 29.1. The van der Waals surface area contributed by atoms with Crippen molar-refractivity contribution in [3.63, 3.8) is 0 Å². The Kier molecular flexibility index (Phi) is 10.9. The number of hydrogen-bond donors (Lipinski definition) is 1. The SMILES string of the molecule is CC[C@H](C(=O)N[C@@H](C)CC)N(CCc1ccccc1)C(=O)CN(c1cccc(C)c1C)S(=O)(=O)c1ccccc1. The van der Waals surface area contributed by atoms with E-state index in [9.17, 15) is 18.0 Å². The second-order valence-corrected chi connectivity index (χ2v) is 12.0. The fraction of sp³-hybridized carbons (Fsp3) is 0.375. The van der Waals surface area contributed by atoms with Gasteiger partial charge in [0.25, 0.3) is 10.0 Å². The molecule has 3 rings (SSSR count). The number of nitrogens with one attached hydrogen (secondary N) is 1. The molecule has 0 aromatic heterocycles. The summed E-state index contributed by atoms with van der Waals surface area (Å²) in [5, 5.41) is 3.01. The molecule has 2 atom stereocenters. The van der Waals surface area contributed by atoms with Crippen LogP contribution in [-0.2, 0) is 26.0 Å². The lowest BCUT2D eigenvalue weighted by molar-refractivity contribution is -0.139. The van der Waals surface area contributed by atoms with Crippen LogP contribution in [0.4, 0.5) is 5.69 Å². The number of carbonyl (C=O) groups is 2. The van der Waals surface area contributed by atoms with Gasteiger partial charge in [0.2, 0.25) is 11.8 Å². The van der Waals surface area contributed by atoms with Gasteiger partial charge < -0.3 is 10.2 Å². The van der Waals surface area contributed by atoms with E-state index < -0.39 is 28.5 Å². The van der Waals surface area contributed by atoms with E-state index in [1.165, 1.54) is 16.4 Å². The molecule has 3 aromatic rings. The number of benzene rings is 3. The van der Waals surface area contributed by atoms with Crippen LogP contribution in [0.2, 0.25) is 0 Å². The van der Waals surface area contributed by atoms with Crippen molar-refractivity contribution >= 4 is 27.5 Å². The van der Waals surface area contributed by atoms with Crippen LogP contribution < -0.4 is 9.62 Å². The number of hydrogen-bond acceptors (Lipinski definition) is 4. The van der Waals surface area contributed by atoms with Crippen LogP contribution in [-0.4, -0.2) is 50.3 Å². The molecule has 0 unspecified atom stereocenters. The fourth-order valence-electron chi connectivity index (χ4n) is 4.58. The highest BCUT2D eigenvalue weighted by molar-refractivity contribution is 7.92. The van der Waals surface area contributed by atoms with Crippen LogP contribution in [0, 0.1) is 13.8 Å². The third-order valence-corrected chi connectivity index (χ3v) is 9.10. The van der Waals surface area contributed by atoms with E-state index >= 15 is 0 Å². The van der Waals surface area contributed by atoms with Crippen molar-refractivity contribution in [2.45, 2.75) is 70.9 Å². The summed E-state index contributed by atoms with van der Waals surface area (Å²) >= 11 is 0. The molecule has 214 valence electrons. The van der Waals surface area contributed by atoms with Crippen LogP contribution in [0.5, 0.6) is 0 Å². The van der Waals surface area contributed by atoms with E-state index in [0.717, 1.165) is 23.1 Å². The molecule has 0 saturated carbocycles. The van der Waals surface area contributed by atoms with Crippen LogP contribution >= 0.6 is 0 Å². The molecule has 0 bridgehead atoms. The Balaban J connectivity index is 2.04. The van der Waals surface area contributed by atoms with Gasteiger partial charge in [-0.2, -0.15) is 0 Å². The van der Waals surface area contributed by atoms with Crippen molar-refractivity contribution in [3.8, 4) is 0 Å². The maximum absolute atomic E-state index is 14.1. The Hall–Kier alpha value is -3.65. The van der Waals surface area contributed by atoms with Crippen molar-refractivity contribution in [2.24, 2.45) is 0 Å². The number of aryl methyl sites for hydroxylation is 1. The molecule has 0 heterocycles. The van der Waals surface area contributed by atoms with Gasteiger partial charge in [-0.25, -0.2) is 8.42 Å². The number of anilines is 1. The van der Waals surface area contributed by atoms with Gasteiger partial charge in [-0.05, 0) is 74.9 Å². The molecule has 0 aliphatic rings. The lowest BCUT2D eigenvalue weighted by Gasteiger charge is -2.34. The lowest BCUT2D eigenvalue weighted by atomic mass is 10.1. The molecule has 8 heteroatoms. The van der Waals surface area contributed by atoms with Crippen molar-refractivity contribution in [1.29, 1.82) is 0 Å². The molecule has 7 nitrogen and oxygen atoms in total. The molecule has 2 amide bonds. The molecule has 0 saturated heterocycles. The second-order valence-electron chi connectivity index (χ2n) is 10.1. The highest BCUT2D eigenvalue weighted by Crippen LogP contribution is 2.29. The van der Waals surface area contributed by atoms with E-state index in [0.29, 0.717) is 18.5 Å². The first kappa shape index (κ1) is 30.9. The Morgan fingerprint density at radius 3 is 2.08 bits per heavy atom. The summed E-state index contributed by atoms with van der Waals surface area (Å²) in [6, 6.07) is 22.5. The fourth-order valence-corrected chi connectivity index (χ4v) is 6.07. The topological polar surface area (TPSA) is 86.8 Å². The average molecular weight is 564 g/mol. The van der Waals surface area contributed by atoms with Crippen molar-refractivity contribution < 1.29 is 18.0 Å². The third-order valence-electron chi connectivity index (χ3n) is 7.33. The first-order valence-corrected chi connectivity index (χ1v) is 15.3. The summed E-state index contributed by atoms with van der Waals surface area (Å²) in [5.74, 6) is -0.662. The van der Waals surface area contributed by atoms with Crippen molar-refractivity contribution in [3.05, 3.63) is 95.6 Å². The predicted molar refractivity (Wildman–Crippen MR) is 161 cm³/mol. The smallest absolute Gasteiger partial charge is 0.264 e. The van der Waals surface area contributed by atoms with Crippen LogP contribution in [0.3, 0.4) is 0 Å². The normalized spacial score (nSPS) is 12.8. The Morgan fingerprint density at radius 1 is 0.850 bits per heavy atom. The largest absolute Gasteiger partial charge is 0.352 e. The predicted octanol–water partition coefficient (Wildman–Crippen LogP) is 5.26. The summed E-state index contributed by atoms with van der Waals surface area (Å²) in [4.78, 5) is 29.1. The van der Waals surface area contributed by atoms with E-state index in [-0.39, 0.29) is 23.4 Å². The standard InChI is InChI=1S/C32H41N3O4S/c1-6-25(4)33-32(37)29(7-2)34(22-21-27-16-10-8-11-17-27)31(36)23-35(30-20-14-15-24(3)26(30)5)40(38,39)28-18-12-9-13-19-28/h8-20,25,29H,6-7,21-23H2,1-5H3,(H,33,37)/t25-,29+/m0/s1. The van der Waals surface area contributed by atoms with E-state index in [2.05, 4.69) is 5.32 Å². The van der Waals surface area contributed by atoms with E-state index in [4.69, 9.17) is 0 Å². The quantitative estimate of drug-likeness (QED) is 0.307. The number of carbonyl (C=O) groups excluding carboxylic acids is 2. The van der Waals surface area contributed by atoms with Gasteiger partial charge in [0, 0.05) is 12.6 Å². The number of rotatable bonds is 13. The molecule has 1 N–H and O–H groups in total. The second kappa shape index (κ2) is 14.1. The van der Waals surface area contributed by atoms with Crippen LogP contribution in [0.25, 0.3) is 0 Å². The first-order chi connectivity index (χ1) is 19.1. The summed E-state index contributed by atoms with van der Waals surface area (Å²) in [7, 11) is -4.08.